The van der Waals surface area contributed by atoms with Crippen LogP contribution in [0.25, 0.3) is 10.9 Å². The van der Waals surface area contributed by atoms with Gasteiger partial charge in [-0.1, -0.05) is 18.2 Å². The van der Waals surface area contributed by atoms with Crippen molar-refractivity contribution in [1.82, 2.24) is 9.47 Å². The third-order valence-corrected chi connectivity index (χ3v) is 4.05. The molecule has 1 heterocycles. The summed E-state index contributed by atoms with van der Waals surface area (Å²) in [6, 6.07) is 9.17. The highest BCUT2D eigenvalue weighted by molar-refractivity contribution is 5.83. The molecule has 0 aliphatic rings. The van der Waals surface area contributed by atoms with Gasteiger partial charge in [-0.25, -0.2) is 0 Å². The summed E-state index contributed by atoms with van der Waals surface area (Å²) in [7, 11) is 4.30. The summed E-state index contributed by atoms with van der Waals surface area (Å²) in [4.78, 5) is 2.40. The van der Waals surface area contributed by atoms with Gasteiger partial charge in [0.1, 0.15) is 0 Å². The van der Waals surface area contributed by atoms with Crippen LogP contribution in [0, 0.1) is 0 Å². The highest BCUT2D eigenvalue weighted by atomic mass is 15.1. The fraction of sp³-hybridized carbons (Fsp3) is 0.500. The Bertz CT molecular complexity index is 530. The van der Waals surface area contributed by atoms with Crippen molar-refractivity contribution in [2.45, 2.75) is 25.8 Å². The Balaban J connectivity index is 2.06. The number of benzene rings is 1. The molecule has 19 heavy (non-hydrogen) atoms. The average molecular weight is 259 g/mol. The second-order valence-electron chi connectivity index (χ2n) is 5.44. The number of nitrogens with two attached hydrogens (primary N) is 1. The Morgan fingerprint density at radius 1 is 1.32 bits per heavy atom. The van der Waals surface area contributed by atoms with E-state index in [0.29, 0.717) is 6.04 Å². The van der Waals surface area contributed by atoms with Gasteiger partial charge in [0, 0.05) is 36.7 Å². The minimum Gasteiger partial charge on any atom is -0.350 e. The molecule has 1 aromatic heterocycles. The van der Waals surface area contributed by atoms with Crippen LogP contribution in [-0.4, -0.2) is 35.6 Å². The number of likely N-dealkylation sites (N-methyl/N-ethyl adjacent to an activating group) is 1. The molecule has 0 aliphatic heterocycles. The summed E-state index contributed by atoms with van der Waals surface area (Å²) in [5.41, 5.74) is 8.37. The van der Waals surface area contributed by atoms with E-state index in [-0.39, 0.29) is 0 Å². The molecular formula is C16H25N3. The van der Waals surface area contributed by atoms with Crippen LogP contribution in [0.3, 0.4) is 0 Å². The summed E-state index contributed by atoms with van der Waals surface area (Å²) in [6.45, 7) is 4.09. The van der Waals surface area contributed by atoms with Crippen LogP contribution in [0.4, 0.5) is 0 Å². The van der Waals surface area contributed by atoms with Crippen molar-refractivity contribution >= 4 is 10.9 Å². The lowest BCUT2D eigenvalue weighted by Gasteiger charge is -2.24. The summed E-state index contributed by atoms with van der Waals surface area (Å²) >= 11 is 0. The molecule has 104 valence electrons. The highest BCUT2D eigenvalue weighted by Gasteiger charge is 2.10. The molecule has 0 saturated heterocycles. The minimum absolute atomic E-state index is 0.556. The Hall–Kier alpha value is -1.32. The van der Waals surface area contributed by atoms with E-state index in [1.54, 1.807) is 0 Å². The van der Waals surface area contributed by atoms with Gasteiger partial charge in [0.15, 0.2) is 0 Å². The summed E-state index contributed by atoms with van der Waals surface area (Å²) < 4.78 is 2.22. The monoisotopic (exact) mass is 259 g/mol. The summed E-state index contributed by atoms with van der Waals surface area (Å²) in [6.07, 6.45) is 4.41. The van der Waals surface area contributed by atoms with E-state index >= 15 is 0 Å². The summed E-state index contributed by atoms with van der Waals surface area (Å²) in [5, 5.41) is 1.38. The number of hydrogen-bond donors (Lipinski definition) is 1. The van der Waals surface area contributed by atoms with E-state index in [1.165, 1.54) is 16.5 Å². The van der Waals surface area contributed by atoms with Gasteiger partial charge in [-0.2, -0.15) is 0 Å². The maximum absolute atomic E-state index is 5.62. The minimum atomic E-state index is 0.556. The van der Waals surface area contributed by atoms with Crippen LogP contribution >= 0.6 is 0 Å². The first-order chi connectivity index (χ1) is 9.13. The van der Waals surface area contributed by atoms with Crippen LogP contribution in [0.1, 0.15) is 18.9 Å². The molecule has 0 amide bonds. The van der Waals surface area contributed by atoms with Crippen molar-refractivity contribution in [3.63, 3.8) is 0 Å². The molecule has 2 N–H and O–H groups in total. The lowest BCUT2D eigenvalue weighted by Crippen LogP contribution is -2.32. The van der Waals surface area contributed by atoms with Gasteiger partial charge in [0.25, 0.3) is 0 Å². The molecular weight excluding hydrogens is 234 g/mol. The van der Waals surface area contributed by atoms with Crippen LogP contribution in [0.15, 0.2) is 30.5 Å². The SMILES string of the molecule is CC(CCN)N(C)CCc1cn(C)c2ccccc12. The van der Waals surface area contributed by atoms with Gasteiger partial charge < -0.3 is 15.2 Å². The van der Waals surface area contributed by atoms with Gasteiger partial charge in [0.05, 0.1) is 0 Å². The van der Waals surface area contributed by atoms with E-state index in [9.17, 15) is 0 Å². The zero-order valence-corrected chi connectivity index (χ0v) is 12.3. The molecule has 2 rings (SSSR count). The topological polar surface area (TPSA) is 34.2 Å². The third kappa shape index (κ3) is 3.17. The van der Waals surface area contributed by atoms with E-state index in [4.69, 9.17) is 5.73 Å². The molecule has 0 radical (unpaired) electrons. The van der Waals surface area contributed by atoms with E-state index in [1.807, 2.05) is 0 Å². The van der Waals surface area contributed by atoms with Gasteiger partial charge in [0.2, 0.25) is 0 Å². The average Bonchev–Trinajstić information content (AvgIpc) is 2.74. The van der Waals surface area contributed by atoms with Crippen LogP contribution in [0.2, 0.25) is 0 Å². The lowest BCUT2D eigenvalue weighted by atomic mass is 10.1. The zero-order valence-electron chi connectivity index (χ0n) is 12.3. The van der Waals surface area contributed by atoms with Crippen molar-refractivity contribution < 1.29 is 0 Å². The molecule has 0 aliphatic carbocycles. The van der Waals surface area contributed by atoms with Crippen LogP contribution in [-0.2, 0) is 13.5 Å². The molecule has 1 atom stereocenters. The predicted molar refractivity (Wildman–Crippen MR) is 82.4 cm³/mol. The smallest absolute Gasteiger partial charge is 0.0480 e. The molecule has 0 fully saturated rings. The Kier molecular flexibility index (Phi) is 4.61. The Morgan fingerprint density at radius 3 is 2.79 bits per heavy atom. The van der Waals surface area contributed by atoms with Crippen molar-refractivity contribution in [2.75, 3.05) is 20.1 Å². The fourth-order valence-electron chi connectivity index (χ4n) is 2.60. The van der Waals surface area contributed by atoms with Gasteiger partial charge in [-0.05, 0) is 45.0 Å². The first kappa shape index (κ1) is 14.1. The fourth-order valence-corrected chi connectivity index (χ4v) is 2.60. The van der Waals surface area contributed by atoms with Crippen molar-refractivity contribution in [3.05, 3.63) is 36.0 Å². The molecule has 0 saturated carbocycles. The molecule has 0 bridgehead atoms. The van der Waals surface area contributed by atoms with Gasteiger partial charge in [-0.15, -0.1) is 0 Å². The van der Waals surface area contributed by atoms with E-state index in [2.05, 4.69) is 60.9 Å². The number of aromatic nitrogens is 1. The van der Waals surface area contributed by atoms with Gasteiger partial charge in [-0.3, -0.25) is 0 Å². The first-order valence-corrected chi connectivity index (χ1v) is 7.06. The lowest BCUT2D eigenvalue weighted by molar-refractivity contribution is 0.251. The number of rotatable bonds is 6. The second-order valence-corrected chi connectivity index (χ2v) is 5.44. The molecule has 3 nitrogen and oxygen atoms in total. The standard InChI is InChI=1S/C16H25N3/c1-13(8-10-17)18(2)11-9-14-12-19(3)16-7-5-4-6-15(14)16/h4-7,12-13H,8-11,17H2,1-3H3. The number of nitrogens with zero attached hydrogens (tertiary/aromatic N) is 2. The molecule has 3 heteroatoms. The third-order valence-electron chi connectivity index (χ3n) is 4.05. The van der Waals surface area contributed by atoms with Crippen LogP contribution in [0.5, 0.6) is 0 Å². The number of fused-ring (bicyclic) bond motifs is 1. The Labute approximate surface area is 116 Å². The zero-order chi connectivity index (χ0) is 13.8. The highest BCUT2D eigenvalue weighted by Crippen LogP contribution is 2.21. The molecule has 0 spiro atoms. The largest absolute Gasteiger partial charge is 0.350 e. The number of aryl methyl sites for hydroxylation is 1. The molecule has 1 aromatic carbocycles. The van der Waals surface area contributed by atoms with E-state index < -0.39 is 0 Å². The van der Waals surface area contributed by atoms with Crippen molar-refractivity contribution in [3.8, 4) is 0 Å². The molecule has 1 unspecified atom stereocenters. The maximum atomic E-state index is 5.62. The first-order valence-electron chi connectivity index (χ1n) is 7.06. The Morgan fingerprint density at radius 2 is 2.05 bits per heavy atom. The molecule has 2 aromatic rings. The van der Waals surface area contributed by atoms with E-state index in [0.717, 1.165) is 25.9 Å². The van der Waals surface area contributed by atoms with Crippen molar-refractivity contribution in [1.29, 1.82) is 0 Å². The second kappa shape index (κ2) is 6.22. The van der Waals surface area contributed by atoms with Crippen LogP contribution < -0.4 is 5.73 Å². The normalized spacial score (nSPS) is 13.3. The van der Waals surface area contributed by atoms with Gasteiger partial charge >= 0.3 is 0 Å². The predicted octanol–water partition coefficient (Wildman–Crippen LogP) is 2.39. The maximum Gasteiger partial charge on any atom is 0.0480 e. The number of hydrogen-bond acceptors (Lipinski definition) is 2. The number of para-hydroxylation sites is 1. The van der Waals surface area contributed by atoms with Crippen molar-refractivity contribution in [2.24, 2.45) is 12.8 Å². The quantitative estimate of drug-likeness (QED) is 0.864. The summed E-state index contributed by atoms with van der Waals surface area (Å²) in [5.74, 6) is 0.